The van der Waals surface area contributed by atoms with Crippen LogP contribution in [0.2, 0.25) is 0 Å². The lowest BCUT2D eigenvalue weighted by Gasteiger charge is -2.17. The molecule has 0 rings (SSSR count). The van der Waals surface area contributed by atoms with E-state index in [4.69, 9.17) is 0 Å². The van der Waals surface area contributed by atoms with Gasteiger partial charge in [0.05, 0.1) is 12.2 Å². The molecule has 0 aromatic rings. The summed E-state index contributed by atoms with van der Waals surface area (Å²) in [5.74, 6) is 0. The Morgan fingerprint density at radius 2 is 0.658 bits per heavy atom. The highest BCUT2D eigenvalue weighted by Crippen LogP contribution is 2.15. The van der Waals surface area contributed by atoms with Crippen molar-refractivity contribution in [2.24, 2.45) is 0 Å². The van der Waals surface area contributed by atoms with Gasteiger partial charge in [0, 0.05) is 0 Å². The second-order valence-corrected chi connectivity index (χ2v) is 11.2. The normalized spacial score (nSPS) is 14.1. The van der Waals surface area contributed by atoms with Crippen LogP contribution in [0.4, 0.5) is 0 Å². The molecule has 2 atom stereocenters. The molecule has 38 heavy (non-hydrogen) atoms. The van der Waals surface area contributed by atoms with Crippen LogP contribution in [0.15, 0.2) is 48.6 Å². The van der Waals surface area contributed by atoms with E-state index in [1.54, 1.807) is 0 Å². The van der Waals surface area contributed by atoms with Crippen molar-refractivity contribution < 1.29 is 10.2 Å². The van der Waals surface area contributed by atoms with E-state index in [0.717, 1.165) is 51.4 Å². The van der Waals surface area contributed by atoms with Crippen LogP contribution in [0, 0.1) is 0 Å². The highest BCUT2D eigenvalue weighted by Gasteiger charge is 2.15. The standard InChI is InChI=1S/C36H66O2/c1-3-5-7-9-11-13-15-17-19-21-23-25-27-29-31-33-35(37)36(38)34-32-30-28-26-24-22-20-18-16-14-12-10-8-6-4-2/h11-14,17-20,35-38H,3-10,15-16,21-34H2,1-2H3. The zero-order valence-corrected chi connectivity index (χ0v) is 25.6. The molecule has 0 amide bonds. The Morgan fingerprint density at radius 3 is 1.00 bits per heavy atom. The lowest BCUT2D eigenvalue weighted by atomic mass is 9.99. The third-order valence-electron chi connectivity index (χ3n) is 7.35. The van der Waals surface area contributed by atoms with Crippen molar-refractivity contribution in [3.05, 3.63) is 48.6 Å². The monoisotopic (exact) mass is 531 g/mol. The molecule has 0 radical (unpaired) electrons. The van der Waals surface area contributed by atoms with Crippen molar-refractivity contribution in [2.45, 2.75) is 180 Å². The Labute approximate surface area is 238 Å². The van der Waals surface area contributed by atoms with E-state index in [-0.39, 0.29) is 0 Å². The van der Waals surface area contributed by atoms with Crippen molar-refractivity contribution in [2.75, 3.05) is 0 Å². The van der Waals surface area contributed by atoms with E-state index in [1.165, 1.54) is 103 Å². The summed E-state index contributed by atoms with van der Waals surface area (Å²) >= 11 is 0. The van der Waals surface area contributed by atoms with Crippen LogP contribution >= 0.6 is 0 Å². The number of allylic oxidation sites excluding steroid dienone is 8. The zero-order chi connectivity index (χ0) is 27.8. The Balaban J connectivity index is 3.44. The lowest BCUT2D eigenvalue weighted by Crippen LogP contribution is -2.25. The largest absolute Gasteiger partial charge is 0.390 e. The van der Waals surface area contributed by atoms with E-state index in [0.29, 0.717) is 0 Å². The van der Waals surface area contributed by atoms with E-state index in [2.05, 4.69) is 62.5 Å². The van der Waals surface area contributed by atoms with Crippen molar-refractivity contribution in [3.63, 3.8) is 0 Å². The molecule has 0 aliphatic heterocycles. The Hall–Kier alpha value is -1.12. The number of rotatable bonds is 29. The van der Waals surface area contributed by atoms with Gasteiger partial charge in [-0.05, 0) is 77.0 Å². The summed E-state index contributed by atoms with van der Waals surface area (Å²) in [5.41, 5.74) is 0. The van der Waals surface area contributed by atoms with Gasteiger partial charge in [0.2, 0.25) is 0 Å². The molecular weight excluding hydrogens is 464 g/mol. The van der Waals surface area contributed by atoms with Crippen LogP contribution in [0.3, 0.4) is 0 Å². The Kier molecular flexibility index (Phi) is 31.1. The summed E-state index contributed by atoms with van der Waals surface area (Å²) < 4.78 is 0. The first-order chi connectivity index (χ1) is 18.7. The number of unbranched alkanes of at least 4 members (excludes halogenated alkanes) is 16. The summed E-state index contributed by atoms with van der Waals surface area (Å²) in [6.45, 7) is 4.50. The SMILES string of the molecule is CCCCCC=CCC=CCCCCCCCC(O)C(O)CCCCCCCC=CCC=CCCCCC. The molecule has 0 bridgehead atoms. The molecule has 0 fully saturated rings. The molecule has 2 N–H and O–H groups in total. The molecule has 0 saturated heterocycles. The minimum Gasteiger partial charge on any atom is -0.390 e. The van der Waals surface area contributed by atoms with E-state index < -0.39 is 12.2 Å². The first-order valence-electron chi connectivity index (χ1n) is 16.7. The molecule has 0 aliphatic carbocycles. The number of aliphatic hydroxyl groups is 2. The van der Waals surface area contributed by atoms with Crippen LogP contribution in [0.25, 0.3) is 0 Å². The van der Waals surface area contributed by atoms with E-state index >= 15 is 0 Å². The van der Waals surface area contributed by atoms with Crippen LogP contribution in [-0.4, -0.2) is 22.4 Å². The minimum absolute atomic E-state index is 0.543. The van der Waals surface area contributed by atoms with Crippen LogP contribution in [0.1, 0.15) is 168 Å². The van der Waals surface area contributed by atoms with Gasteiger partial charge in [0.15, 0.2) is 0 Å². The van der Waals surface area contributed by atoms with Crippen molar-refractivity contribution in [1.29, 1.82) is 0 Å². The molecule has 222 valence electrons. The summed E-state index contributed by atoms with van der Waals surface area (Å²) in [4.78, 5) is 0. The van der Waals surface area contributed by atoms with Crippen LogP contribution in [-0.2, 0) is 0 Å². The fraction of sp³-hybridized carbons (Fsp3) is 0.778. The van der Waals surface area contributed by atoms with Gasteiger partial charge in [-0.2, -0.15) is 0 Å². The van der Waals surface area contributed by atoms with Crippen LogP contribution < -0.4 is 0 Å². The highest BCUT2D eigenvalue weighted by molar-refractivity contribution is 4.93. The summed E-state index contributed by atoms with van der Waals surface area (Å²) in [6, 6.07) is 0. The smallest absolute Gasteiger partial charge is 0.0799 e. The highest BCUT2D eigenvalue weighted by atomic mass is 16.3. The molecule has 0 saturated carbocycles. The van der Waals surface area contributed by atoms with Crippen molar-refractivity contribution in [3.8, 4) is 0 Å². The second kappa shape index (κ2) is 32.1. The summed E-state index contributed by atoms with van der Waals surface area (Å²) in [6.07, 6.45) is 45.6. The van der Waals surface area contributed by atoms with Crippen molar-refractivity contribution >= 4 is 0 Å². The van der Waals surface area contributed by atoms with Gasteiger partial charge in [-0.15, -0.1) is 0 Å². The molecule has 2 heteroatoms. The van der Waals surface area contributed by atoms with Gasteiger partial charge in [0.1, 0.15) is 0 Å². The maximum Gasteiger partial charge on any atom is 0.0799 e. The van der Waals surface area contributed by atoms with Gasteiger partial charge in [-0.1, -0.05) is 140 Å². The third-order valence-corrected chi connectivity index (χ3v) is 7.35. The number of hydrogen-bond donors (Lipinski definition) is 2. The first-order valence-corrected chi connectivity index (χ1v) is 16.7. The van der Waals surface area contributed by atoms with Gasteiger partial charge in [-0.25, -0.2) is 0 Å². The first kappa shape index (κ1) is 36.9. The quantitative estimate of drug-likeness (QED) is 0.0745. The summed E-state index contributed by atoms with van der Waals surface area (Å²) in [7, 11) is 0. The van der Waals surface area contributed by atoms with Crippen molar-refractivity contribution in [1.82, 2.24) is 0 Å². The maximum atomic E-state index is 10.3. The number of hydrogen-bond acceptors (Lipinski definition) is 2. The minimum atomic E-state index is -0.543. The zero-order valence-electron chi connectivity index (χ0n) is 25.6. The maximum absolute atomic E-state index is 10.3. The molecule has 2 unspecified atom stereocenters. The van der Waals surface area contributed by atoms with Gasteiger partial charge >= 0.3 is 0 Å². The molecule has 0 aliphatic rings. The number of aliphatic hydroxyl groups excluding tert-OH is 2. The second-order valence-electron chi connectivity index (χ2n) is 11.2. The fourth-order valence-corrected chi connectivity index (χ4v) is 4.71. The molecule has 0 spiro atoms. The average molecular weight is 531 g/mol. The predicted molar refractivity (Wildman–Crippen MR) is 171 cm³/mol. The Morgan fingerprint density at radius 1 is 0.368 bits per heavy atom. The molecule has 2 nitrogen and oxygen atoms in total. The van der Waals surface area contributed by atoms with Gasteiger partial charge < -0.3 is 10.2 Å². The predicted octanol–water partition coefficient (Wildman–Crippen LogP) is 11.3. The van der Waals surface area contributed by atoms with Gasteiger partial charge in [0.25, 0.3) is 0 Å². The fourth-order valence-electron chi connectivity index (χ4n) is 4.71. The third kappa shape index (κ3) is 29.4. The molecule has 0 aromatic heterocycles. The topological polar surface area (TPSA) is 40.5 Å². The van der Waals surface area contributed by atoms with E-state index in [1.807, 2.05) is 0 Å². The Bertz CT molecular complexity index is 510. The molecular formula is C36H66O2. The van der Waals surface area contributed by atoms with Gasteiger partial charge in [-0.3, -0.25) is 0 Å². The summed E-state index contributed by atoms with van der Waals surface area (Å²) in [5, 5.41) is 20.5. The van der Waals surface area contributed by atoms with E-state index in [9.17, 15) is 10.2 Å². The molecule has 0 aromatic carbocycles. The lowest BCUT2D eigenvalue weighted by molar-refractivity contribution is 0.00712. The average Bonchev–Trinajstić information content (AvgIpc) is 2.92. The van der Waals surface area contributed by atoms with Crippen LogP contribution in [0.5, 0.6) is 0 Å². The molecule has 0 heterocycles.